The molecule has 0 saturated heterocycles. The molecule has 4 aromatic rings. The number of aryl methyl sites for hydroxylation is 1. The molecule has 1 heterocycles. The average Bonchev–Trinajstić information content (AvgIpc) is 3.09. The maximum Gasteiger partial charge on any atom is 0.0450 e. The number of hydrogen-bond acceptors (Lipinski definition) is 0. The van der Waals surface area contributed by atoms with Crippen LogP contribution in [-0.4, -0.2) is 4.57 Å². The van der Waals surface area contributed by atoms with Crippen molar-refractivity contribution in [2.75, 3.05) is 0 Å². The molecule has 0 unspecified atom stereocenters. The highest BCUT2D eigenvalue weighted by atomic mass is 14.9. The molecule has 0 aliphatic carbocycles. The van der Waals surface area contributed by atoms with Crippen molar-refractivity contribution in [3.05, 3.63) is 103 Å². The van der Waals surface area contributed by atoms with E-state index in [1.165, 1.54) is 33.5 Å². The van der Waals surface area contributed by atoms with Gasteiger partial charge in [-0.2, -0.15) is 0 Å². The first kappa shape index (κ1) is 14.5. The highest BCUT2D eigenvalue weighted by molar-refractivity contribution is 5.83. The zero-order valence-corrected chi connectivity index (χ0v) is 13.7. The van der Waals surface area contributed by atoms with Gasteiger partial charge in [-0.05, 0) is 30.2 Å². The molecule has 0 saturated carbocycles. The molecule has 0 N–H and O–H groups in total. The Kier molecular flexibility index (Phi) is 3.76. The summed E-state index contributed by atoms with van der Waals surface area (Å²) >= 11 is 0. The second-order valence-corrected chi connectivity index (χ2v) is 6.06. The lowest BCUT2D eigenvalue weighted by molar-refractivity contribution is 1.08. The number of nitrogens with zero attached hydrogens (tertiary/aromatic N) is 1. The summed E-state index contributed by atoms with van der Waals surface area (Å²) in [5, 5.41) is 0. The molecule has 3 aromatic carbocycles. The third-order valence-corrected chi connectivity index (χ3v) is 4.33. The Hall–Kier alpha value is -3.06. The monoisotopic (exact) mass is 309 g/mol. The Bertz CT molecular complexity index is 876. The minimum atomic E-state index is 1.18. The van der Waals surface area contributed by atoms with E-state index >= 15 is 0 Å². The fourth-order valence-electron chi connectivity index (χ4n) is 3.02. The lowest BCUT2D eigenvalue weighted by Gasteiger charge is -2.03. The maximum absolute atomic E-state index is 2.22. The van der Waals surface area contributed by atoms with Crippen LogP contribution in [0, 0.1) is 6.92 Å². The smallest absolute Gasteiger partial charge is 0.0450 e. The van der Waals surface area contributed by atoms with Gasteiger partial charge < -0.3 is 4.57 Å². The second kappa shape index (κ2) is 6.21. The van der Waals surface area contributed by atoms with Gasteiger partial charge in [0, 0.05) is 29.2 Å². The third-order valence-electron chi connectivity index (χ3n) is 4.33. The molecule has 4 rings (SSSR count). The van der Waals surface area contributed by atoms with E-state index in [0.29, 0.717) is 0 Å². The first-order valence-corrected chi connectivity index (χ1v) is 8.21. The van der Waals surface area contributed by atoms with Crippen molar-refractivity contribution in [3.8, 4) is 27.9 Å². The zero-order chi connectivity index (χ0) is 16.4. The van der Waals surface area contributed by atoms with Gasteiger partial charge in [0.1, 0.15) is 0 Å². The molecule has 1 nitrogen and oxygen atoms in total. The molecule has 0 atom stereocenters. The third kappa shape index (κ3) is 2.77. The molecule has 0 bridgehead atoms. The summed E-state index contributed by atoms with van der Waals surface area (Å²) in [6.45, 7) is 2.12. The summed E-state index contributed by atoms with van der Waals surface area (Å²) in [6.07, 6.45) is 4.45. The number of hydrogen-bond donors (Lipinski definition) is 0. The highest BCUT2D eigenvalue weighted by Crippen LogP contribution is 2.34. The molecule has 0 radical (unpaired) electrons. The van der Waals surface area contributed by atoms with Gasteiger partial charge in [-0.1, -0.05) is 78.4 Å². The topological polar surface area (TPSA) is 4.93 Å². The van der Waals surface area contributed by atoms with Crippen molar-refractivity contribution in [2.24, 2.45) is 0 Å². The van der Waals surface area contributed by atoms with E-state index in [1.54, 1.807) is 0 Å². The zero-order valence-electron chi connectivity index (χ0n) is 13.7. The fraction of sp³-hybridized carbons (Fsp3) is 0.0435. The van der Waals surface area contributed by atoms with E-state index < -0.39 is 0 Å². The Balaban J connectivity index is 1.89. The van der Waals surface area contributed by atoms with E-state index in [4.69, 9.17) is 0 Å². The Morgan fingerprint density at radius 1 is 0.542 bits per heavy atom. The normalized spacial score (nSPS) is 10.7. The Labute approximate surface area is 142 Å². The number of rotatable bonds is 3. The van der Waals surface area contributed by atoms with E-state index in [0.717, 1.165) is 0 Å². The predicted molar refractivity (Wildman–Crippen MR) is 101 cm³/mol. The Morgan fingerprint density at radius 2 is 1.00 bits per heavy atom. The van der Waals surface area contributed by atoms with Crippen molar-refractivity contribution < 1.29 is 0 Å². The predicted octanol–water partition coefficient (Wildman–Crippen LogP) is 6.12. The molecule has 1 aromatic heterocycles. The quantitative estimate of drug-likeness (QED) is 0.429. The van der Waals surface area contributed by atoms with Crippen LogP contribution in [0.3, 0.4) is 0 Å². The highest BCUT2D eigenvalue weighted by Gasteiger charge is 2.11. The second-order valence-electron chi connectivity index (χ2n) is 6.06. The van der Waals surface area contributed by atoms with Crippen LogP contribution in [0.5, 0.6) is 0 Å². The maximum atomic E-state index is 2.22. The van der Waals surface area contributed by atoms with Gasteiger partial charge in [0.15, 0.2) is 0 Å². The van der Waals surface area contributed by atoms with Crippen LogP contribution < -0.4 is 0 Å². The van der Waals surface area contributed by atoms with Crippen LogP contribution in [0.1, 0.15) is 5.56 Å². The largest absolute Gasteiger partial charge is 0.323 e. The van der Waals surface area contributed by atoms with Gasteiger partial charge in [-0.3, -0.25) is 0 Å². The minimum absolute atomic E-state index is 1.18. The van der Waals surface area contributed by atoms with Crippen LogP contribution in [0.4, 0.5) is 0 Å². The van der Waals surface area contributed by atoms with Crippen LogP contribution in [0.15, 0.2) is 97.3 Å². The first-order valence-electron chi connectivity index (χ1n) is 8.21. The van der Waals surface area contributed by atoms with E-state index in [-0.39, 0.29) is 0 Å². The van der Waals surface area contributed by atoms with Crippen LogP contribution >= 0.6 is 0 Å². The summed E-state index contributed by atoms with van der Waals surface area (Å²) < 4.78 is 2.21. The molecular formula is C23H19N. The molecule has 0 fully saturated rings. The number of aromatic nitrogens is 1. The SMILES string of the molecule is Cc1ccc(-n2cc(-c3ccccc3)c(-c3ccccc3)c2)cc1. The Morgan fingerprint density at radius 3 is 1.46 bits per heavy atom. The summed E-state index contributed by atoms with van der Waals surface area (Å²) in [5.41, 5.74) is 7.44. The van der Waals surface area contributed by atoms with Crippen molar-refractivity contribution in [2.45, 2.75) is 6.92 Å². The molecule has 24 heavy (non-hydrogen) atoms. The molecule has 1 heteroatoms. The lowest BCUT2D eigenvalue weighted by atomic mass is 9.99. The van der Waals surface area contributed by atoms with Gasteiger partial charge >= 0.3 is 0 Å². The number of benzene rings is 3. The molecule has 0 spiro atoms. The van der Waals surface area contributed by atoms with Gasteiger partial charge in [0.2, 0.25) is 0 Å². The summed E-state index contributed by atoms with van der Waals surface area (Å²) in [7, 11) is 0. The molecular weight excluding hydrogens is 290 g/mol. The fourth-order valence-corrected chi connectivity index (χ4v) is 3.02. The van der Waals surface area contributed by atoms with Crippen molar-refractivity contribution in [3.63, 3.8) is 0 Å². The average molecular weight is 309 g/mol. The summed E-state index contributed by atoms with van der Waals surface area (Å²) in [4.78, 5) is 0. The molecule has 116 valence electrons. The first-order chi connectivity index (χ1) is 11.8. The van der Waals surface area contributed by atoms with Crippen LogP contribution in [-0.2, 0) is 0 Å². The molecule has 0 amide bonds. The van der Waals surface area contributed by atoms with Gasteiger partial charge in [0.05, 0.1) is 0 Å². The van der Waals surface area contributed by atoms with Gasteiger partial charge in [-0.15, -0.1) is 0 Å². The van der Waals surface area contributed by atoms with Crippen molar-refractivity contribution >= 4 is 0 Å². The summed E-state index contributed by atoms with van der Waals surface area (Å²) in [6, 6.07) is 29.8. The van der Waals surface area contributed by atoms with Crippen LogP contribution in [0.25, 0.3) is 27.9 Å². The summed E-state index contributed by atoms with van der Waals surface area (Å²) in [5.74, 6) is 0. The van der Waals surface area contributed by atoms with E-state index in [1.807, 2.05) is 0 Å². The van der Waals surface area contributed by atoms with Crippen LogP contribution in [0.2, 0.25) is 0 Å². The van der Waals surface area contributed by atoms with Gasteiger partial charge in [-0.25, -0.2) is 0 Å². The minimum Gasteiger partial charge on any atom is -0.323 e. The van der Waals surface area contributed by atoms with Crippen molar-refractivity contribution in [1.82, 2.24) is 4.57 Å². The van der Waals surface area contributed by atoms with E-state index in [9.17, 15) is 0 Å². The van der Waals surface area contributed by atoms with Crippen molar-refractivity contribution in [1.29, 1.82) is 0 Å². The van der Waals surface area contributed by atoms with E-state index in [2.05, 4.69) is 109 Å². The lowest BCUT2D eigenvalue weighted by Crippen LogP contribution is -1.89. The standard InChI is InChI=1S/C23H19N/c1-18-12-14-21(15-13-18)24-16-22(19-8-4-2-5-9-19)23(17-24)20-10-6-3-7-11-20/h2-17H,1H3. The van der Waals surface area contributed by atoms with Gasteiger partial charge in [0.25, 0.3) is 0 Å². The molecule has 0 aliphatic heterocycles. The molecule has 0 aliphatic rings.